The first-order valence-electron chi connectivity index (χ1n) is 29.4. The molecule has 8 rings (SSSR count). The second kappa shape index (κ2) is 34.8. The van der Waals surface area contributed by atoms with Crippen molar-refractivity contribution in [3.63, 3.8) is 0 Å². The Kier molecular flexibility index (Phi) is 31.9. The van der Waals surface area contributed by atoms with E-state index in [2.05, 4.69) is 254 Å². The van der Waals surface area contributed by atoms with E-state index in [4.69, 9.17) is 0 Å². The van der Waals surface area contributed by atoms with Gasteiger partial charge in [-0.1, -0.05) is 186 Å². The highest BCUT2D eigenvalue weighted by atomic mass is 15.1. The second-order valence-electron chi connectivity index (χ2n) is 29.2. The molecule has 0 amide bonds. The van der Waals surface area contributed by atoms with Crippen LogP contribution in [0.3, 0.4) is 0 Å². The Balaban J connectivity index is 0.000000959. The molecule has 0 bridgehead atoms. The fourth-order valence-corrected chi connectivity index (χ4v) is 6.26. The maximum absolute atomic E-state index is 4.25. The predicted molar refractivity (Wildman–Crippen MR) is 361 cm³/mol. The van der Waals surface area contributed by atoms with Crippen LogP contribution < -0.4 is 0 Å². The molecule has 0 saturated carbocycles. The molecule has 0 aliphatic rings. The third kappa shape index (κ3) is 33.5. The highest BCUT2D eigenvalue weighted by molar-refractivity contribution is 5.22. The van der Waals surface area contributed by atoms with Gasteiger partial charge in [-0.05, 0) is 136 Å². The first-order chi connectivity index (χ1) is 38.8. The Bertz CT molecular complexity index is 2580. The van der Waals surface area contributed by atoms with Crippen LogP contribution in [0, 0.1) is 34.6 Å². The molecule has 0 N–H and O–H groups in total. The highest BCUT2D eigenvalue weighted by Gasteiger charge is 2.19. The molecule has 8 heterocycles. The molecule has 86 heavy (non-hydrogen) atoms. The predicted octanol–water partition coefficient (Wildman–Crippen LogP) is 17.6. The molecule has 470 valence electrons. The number of aryl methyl sites for hydroxylation is 5. The van der Waals surface area contributed by atoms with Crippen molar-refractivity contribution in [2.24, 2.45) is 0 Å². The third-order valence-electron chi connectivity index (χ3n) is 12.6. The van der Waals surface area contributed by atoms with E-state index in [9.17, 15) is 0 Å². The molecule has 8 aromatic rings. The normalized spacial score (nSPS) is 11.5. The van der Waals surface area contributed by atoms with E-state index in [-0.39, 0.29) is 50.7 Å². The van der Waals surface area contributed by atoms with Crippen LogP contribution in [0.4, 0.5) is 0 Å². The van der Waals surface area contributed by atoms with Crippen molar-refractivity contribution in [2.45, 2.75) is 252 Å². The summed E-state index contributed by atoms with van der Waals surface area (Å²) in [5.41, 5.74) is 11.0. The van der Waals surface area contributed by atoms with Crippen LogP contribution in [0.15, 0.2) is 129 Å². The monoisotopic (exact) mass is 1170 g/mol. The first-order valence-corrected chi connectivity index (χ1v) is 29.4. The molecule has 0 aliphatic carbocycles. The van der Waals surface area contributed by atoms with E-state index < -0.39 is 0 Å². The average molecular weight is 1170 g/mol. The molecule has 0 aliphatic heterocycles. The summed E-state index contributed by atoms with van der Waals surface area (Å²) in [7, 11) is 0. The van der Waals surface area contributed by atoms with E-state index in [1.54, 1.807) is 31.0 Å². The van der Waals surface area contributed by atoms with Gasteiger partial charge >= 0.3 is 0 Å². The lowest BCUT2D eigenvalue weighted by molar-refractivity contribution is 0.545. The molecule has 0 fully saturated rings. The average Bonchev–Trinajstić information content (AvgIpc) is 3.60. The van der Waals surface area contributed by atoms with E-state index >= 15 is 0 Å². The largest absolute Gasteiger partial charge is 0.264 e. The van der Waals surface area contributed by atoms with Gasteiger partial charge in [0, 0.05) is 97.9 Å². The van der Waals surface area contributed by atoms with Gasteiger partial charge in [0.25, 0.3) is 0 Å². The molecular weight excluding hydrogens is 1060 g/mol. The number of nitrogens with zero attached hydrogens (tertiary/aromatic N) is 14. The third-order valence-corrected chi connectivity index (χ3v) is 12.6. The number of aromatic nitrogens is 14. The smallest absolute Gasteiger partial charge is 0.133 e. The van der Waals surface area contributed by atoms with Crippen molar-refractivity contribution in [1.29, 1.82) is 0 Å². The fraction of sp³-hybridized carbons (Fsp3) is 0.528. The van der Waals surface area contributed by atoms with Gasteiger partial charge < -0.3 is 0 Å². The van der Waals surface area contributed by atoms with Crippen LogP contribution in [0.25, 0.3) is 0 Å². The molecule has 0 unspecified atom stereocenters. The van der Waals surface area contributed by atoms with Crippen molar-refractivity contribution < 1.29 is 0 Å². The summed E-state index contributed by atoms with van der Waals surface area (Å²) in [6, 6.07) is 12.1. The highest BCUT2D eigenvalue weighted by Crippen LogP contribution is 2.25. The topological polar surface area (TPSA) is 180 Å². The Morgan fingerprint density at radius 2 is 0.523 bits per heavy atom. The van der Waals surface area contributed by atoms with Crippen molar-refractivity contribution in [3.8, 4) is 0 Å². The summed E-state index contributed by atoms with van der Waals surface area (Å²) < 4.78 is 0. The van der Waals surface area contributed by atoms with Gasteiger partial charge in [-0.25, -0.2) is 49.8 Å². The van der Waals surface area contributed by atoms with Crippen LogP contribution in [0.5, 0.6) is 0 Å². The van der Waals surface area contributed by atoms with Gasteiger partial charge in [0.2, 0.25) is 0 Å². The number of pyridine rings is 2. The van der Waals surface area contributed by atoms with Gasteiger partial charge in [0.1, 0.15) is 29.1 Å². The number of hydrogen-bond donors (Lipinski definition) is 0. The lowest BCUT2D eigenvalue weighted by atomic mass is 9.88. The zero-order chi connectivity index (χ0) is 65.3. The molecular formula is C72H112N14. The van der Waals surface area contributed by atoms with Gasteiger partial charge in [-0.2, -0.15) is 10.2 Å². The van der Waals surface area contributed by atoms with Gasteiger partial charge in [-0.15, -0.1) is 0 Å². The van der Waals surface area contributed by atoms with Gasteiger partial charge in [-0.3, -0.25) is 9.97 Å². The molecule has 0 saturated heterocycles. The lowest BCUT2D eigenvalue weighted by Gasteiger charge is -2.17. The zero-order valence-electron chi connectivity index (χ0n) is 57.9. The van der Waals surface area contributed by atoms with Crippen LogP contribution in [-0.4, -0.2) is 70.0 Å². The SMILES string of the molecule is C.CC(C)(C)c1cccnc1.CC(C)(C)c1ccnnc1.CC(C)(C)c1ncccn1.Cc1ccc(C(C)(C)C)cn1.Cc1ncc(C(C)(C)C)cn1.Cc1ncc(C(C)(C)C)cn1.Cc1ncc(C(C)(C)C)cn1.Cc1ncc(C(C)(C)C)cn1. The van der Waals surface area contributed by atoms with E-state index in [0.717, 1.165) is 34.8 Å². The maximum atomic E-state index is 4.25. The molecule has 14 heteroatoms. The first kappa shape index (κ1) is 78.8. The molecule has 0 spiro atoms. The quantitative estimate of drug-likeness (QED) is 0.140. The van der Waals surface area contributed by atoms with Crippen molar-refractivity contribution in [1.82, 2.24) is 70.0 Å². The maximum Gasteiger partial charge on any atom is 0.133 e. The Labute approximate surface area is 522 Å². The molecule has 0 aromatic carbocycles. The van der Waals surface area contributed by atoms with Crippen molar-refractivity contribution >= 4 is 0 Å². The minimum Gasteiger partial charge on any atom is -0.264 e. The fourth-order valence-electron chi connectivity index (χ4n) is 6.26. The van der Waals surface area contributed by atoms with Crippen LogP contribution in [-0.2, 0) is 43.3 Å². The second-order valence-corrected chi connectivity index (χ2v) is 29.2. The van der Waals surface area contributed by atoms with Crippen LogP contribution >= 0.6 is 0 Å². The molecule has 14 nitrogen and oxygen atoms in total. The standard InChI is InChI=1S/C10H15N.4C9H14N2.C9H13N.2C8H12N2.CH4/c1-8-5-6-9(7-11-8)10(2,3)4;4*1-7-10-5-8(6-11-7)9(2,3)4;1-9(2,3)8-5-4-6-10-7-8;1-8(2,3)7-4-5-9-10-6-7;1-8(2,3)7-9-5-4-6-10-7;/h5-7H,1-4H3;4*5-6H,1-4H3;4-7H,1-3H3;2*4-6H,1-3H3;1H4. The van der Waals surface area contributed by atoms with Gasteiger partial charge in [0.15, 0.2) is 0 Å². The van der Waals surface area contributed by atoms with E-state index in [0.29, 0.717) is 0 Å². The van der Waals surface area contributed by atoms with Crippen molar-refractivity contribution in [3.05, 3.63) is 203 Å². The van der Waals surface area contributed by atoms with E-state index in [1.807, 2.05) is 115 Å². The number of rotatable bonds is 0. The Hall–Kier alpha value is -7.22. The molecule has 0 radical (unpaired) electrons. The summed E-state index contributed by atoms with van der Waals surface area (Å²) in [6.45, 7) is 61.3. The summed E-state index contributed by atoms with van der Waals surface area (Å²) in [6.07, 6.45) is 27.9. The summed E-state index contributed by atoms with van der Waals surface area (Å²) in [5.74, 6) is 4.22. The molecule has 8 aromatic heterocycles. The summed E-state index contributed by atoms with van der Waals surface area (Å²) >= 11 is 0. The summed E-state index contributed by atoms with van der Waals surface area (Å²) in [5, 5.41) is 7.51. The lowest BCUT2D eigenvalue weighted by Crippen LogP contribution is -2.14. The minimum absolute atomic E-state index is 0. The Morgan fingerprint density at radius 1 is 0.233 bits per heavy atom. The zero-order valence-corrected chi connectivity index (χ0v) is 57.9. The van der Waals surface area contributed by atoms with Crippen LogP contribution in [0.1, 0.15) is 247 Å². The van der Waals surface area contributed by atoms with Crippen molar-refractivity contribution in [2.75, 3.05) is 0 Å². The van der Waals surface area contributed by atoms with Gasteiger partial charge in [0.05, 0.1) is 6.20 Å². The number of hydrogen-bond acceptors (Lipinski definition) is 14. The van der Waals surface area contributed by atoms with Crippen LogP contribution in [0.2, 0.25) is 0 Å². The summed E-state index contributed by atoms with van der Waals surface area (Å²) in [4.78, 5) is 49.7. The Morgan fingerprint density at radius 3 is 0.721 bits per heavy atom. The minimum atomic E-state index is 0. The van der Waals surface area contributed by atoms with E-state index in [1.165, 1.54) is 38.9 Å². The molecule has 0 atom stereocenters.